The molecule has 1 aromatic heterocycles. The SMILES string of the molecule is CC(CC(N)=S)N(C)S(=O)(=O)c1ncccc1F. The minimum absolute atomic E-state index is 0.200. The molecular weight excluding hydrogens is 277 g/mol. The van der Waals surface area contributed by atoms with Crippen molar-refractivity contribution in [3.63, 3.8) is 0 Å². The van der Waals surface area contributed by atoms with Crippen molar-refractivity contribution in [1.29, 1.82) is 0 Å². The number of hydrogen-bond acceptors (Lipinski definition) is 4. The van der Waals surface area contributed by atoms with Crippen LogP contribution >= 0.6 is 12.2 Å². The van der Waals surface area contributed by atoms with Gasteiger partial charge in [-0.3, -0.25) is 0 Å². The van der Waals surface area contributed by atoms with Gasteiger partial charge in [-0.15, -0.1) is 0 Å². The van der Waals surface area contributed by atoms with Crippen molar-refractivity contribution in [2.24, 2.45) is 5.73 Å². The molecule has 0 aliphatic carbocycles. The van der Waals surface area contributed by atoms with Gasteiger partial charge in [0.25, 0.3) is 10.0 Å². The maximum Gasteiger partial charge on any atom is 0.263 e. The Balaban J connectivity index is 3.08. The van der Waals surface area contributed by atoms with E-state index < -0.39 is 26.9 Å². The Morgan fingerprint density at radius 2 is 2.28 bits per heavy atom. The van der Waals surface area contributed by atoms with Crippen molar-refractivity contribution in [2.75, 3.05) is 7.05 Å². The zero-order chi connectivity index (χ0) is 13.9. The number of nitrogens with two attached hydrogens (primary N) is 1. The van der Waals surface area contributed by atoms with Crippen LogP contribution in [0.4, 0.5) is 4.39 Å². The molecule has 0 radical (unpaired) electrons. The first-order valence-electron chi connectivity index (χ1n) is 5.13. The van der Waals surface area contributed by atoms with Crippen LogP contribution in [-0.4, -0.2) is 35.8 Å². The topological polar surface area (TPSA) is 76.3 Å². The lowest BCUT2D eigenvalue weighted by Crippen LogP contribution is -2.38. The van der Waals surface area contributed by atoms with Gasteiger partial charge in [0, 0.05) is 25.7 Å². The van der Waals surface area contributed by atoms with Crippen LogP contribution in [0.5, 0.6) is 0 Å². The Labute approximate surface area is 111 Å². The lowest BCUT2D eigenvalue weighted by atomic mass is 10.2. The van der Waals surface area contributed by atoms with Crippen LogP contribution in [0.25, 0.3) is 0 Å². The van der Waals surface area contributed by atoms with Crippen molar-refractivity contribution in [3.05, 3.63) is 24.1 Å². The number of pyridine rings is 1. The van der Waals surface area contributed by atoms with Gasteiger partial charge in [-0.05, 0) is 19.1 Å². The second kappa shape index (κ2) is 5.68. The first-order valence-corrected chi connectivity index (χ1v) is 6.98. The number of nitrogens with zero attached hydrogens (tertiary/aromatic N) is 2. The predicted molar refractivity (Wildman–Crippen MR) is 70.0 cm³/mol. The number of hydrogen-bond donors (Lipinski definition) is 1. The number of halogens is 1. The normalized spacial score (nSPS) is 13.6. The molecule has 0 spiro atoms. The van der Waals surface area contributed by atoms with Gasteiger partial charge < -0.3 is 5.73 Å². The molecule has 1 rings (SSSR count). The summed E-state index contributed by atoms with van der Waals surface area (Å²) < 4.78 is 38.7. The highest BCUT2D eigenvalue weighted by Crippen LogP contribution is 2.18. The number of thiocarbonyl (C=S) groups is 1. The molecule has 18 heavy (non-hydrogen) atoms. The average Bonchev–Trinajstić information content (AvgIpc) is 2.27. The summed E-state index contributed by atoms with van der Waals surface area (Å²) in [7, 11) is -2.64. The maximum absolute atomic E-state index is 13.5. The molecule has 0 saturated heterocycles. The van der Waals surface area contributed by atoms with Crippen LogP contribution in [0, 0.1) is 5.82 Å². The number of sulfonamides is 1. The monoisotopic (exact) mass is 291 g/mol. The van der Waals surface area contributed by atoms with E-state index in [2.05, 4.69) is 4.98 Å². The summed E-state index contributed by atoms with van der Waals surface area (Å²) in [5.74, 6) is -0.883. The fraction of sp³-hybridized carbons (Fsp3) is 0.400. The molecule has 100 valence electrons. The summed E-state index contributed by atoms with van der Waals surface area (Å²) in [6.45, 7) is 1.64. The van der Waals surface area contributed by atoms with Crippen molar-refractivity contribution >= 4 is 27.2 Å². The molecule has 0 saturated carbocycles. The third-order valence-electron chi connectivity index (χ3n) is 2.47. The van der Waals surface area contributed by atoms with Crippen molar-refractivity contribution in [2.45, 2.75) is 24.4 Å². The Hall–Kier alpha value is -1.12. The van der Waals surface area contributed by atoms with Gasteiger partial charge in [0.15, 0.2) is 5.82 Å². The fourth-order valence-corrected chi connectivity index (χ4v) is 2.92. The second-order valence-corrected chi connectivity index (χ2v) is 6.27. The Morgan fingerprint density at radius 1 is 1.67 bits per heavy atom. The highest BCUT2D eigenvalue weighted by atomic mass is 32.2. The van der Waals surface area contributed by atoms with Crippen LogP contribution < -0.4 is 5.73 Å². The van der Waals surface area contributed by atoms with Gasteiger partial charge in [-0.25, -0.2) is 17.8 Å². The molecule has 1 unspecified atom stereocenters. The third-order valence-corrected chi connectivity index (χ3v) is 4.54. The summed E-state index contributed by atoms with van der Waals surface area (Å²) in [5.41, 5.74) is 5.36. The predicted octanol–water partition coefficient (Wildman–Crippen LogP) is 0.906. The Kier molecular flexibility index (Phi) is 4.71. The highest BCUT2D eigenvalue weighted by Gasteiger charge is 2.29. The molecular formula is C10H14FN3O2S2. The zero-order valence-corrected chi connectivity index (χ0v) is 11.6. The first kappa shape index (κ1) is 14.9. The molecule has 2 N–H and O–H groups in total. The van der Waals surface area contributed by atoms with Crippen molar-refractivity contribution < 1.29 is 12.8 Å². The van der Waals surface area contributed by atoms with E-state index in [0.717, 1.165) is 10.4 Å². The van der Waals surface area contributed by atoms with E-state index in [1.54, 1.807) is 6.92 Å². The van der Waals surface area contributed by atoms with Crippen LogP contribution in [-0.2, 0) is 10.0 Å². The van der Waals surface area contributed by atoms with E-state index in [1.165, 1.54) is 19.3 Å². The summed E-state index contributed by atoms with van der Waals surface area (Å²) in [6, 6.07) is 1.91. The molecule has 0 aliphatic rings. The fourth-order valence-electron chi connectivity index (χ4n) is 1.35. The minimum Gasteiger partial charge on any atom is -0.393 e. The Morgan fingerprint density at radius 3 is 2.78 bits per heavy atom. The number of rotatable bonds is 5. The minimum atomic E-state index is -3.98. The molecule has 1 aromatic rings. The summed E-state index contributed by atoms with van der Waals surface area (Å²) in [4.78, 5) is 3.76. The van der Waals surface area contributed by atoms with E-state index >= 15 is 0 Å². The van der Waals surface area contributed by atoms with E-state index in [4.69, 9.17) is 18.0 Å². The van der Waals surface area contributed by atoms with Gasteiger partial charge in [-0.2, -0.15) is 4.31 Å². The molecule has 0 aromatic carbocycles. The molecule has 1 atom stereocenters. The lowest BCUT2D eigenvalue weighted by Gasteiger charge is -2.23. The first-order chi connectivity index (χ1) is 8.26. The van der Waals surface area contributed by atoms with Crippen molar-refractivity contribution in [1.82, 2.24) is 9.29 Å². The molecule has 0 fully saturated rings. The average molecular weight is 291 g/mol. The van der Waals surface area contributed by atoms with Crippen LogP contribution in [0.3, 0.4) is 0 Å². The molecule has 0 bridgehead atoms. The summed E-state index contributed by atoms with van der Waals surface area (Å²) >= 11 is 4.72. The zero-order valence-electron chi connectivity index (χ0n) is 10.00. The van der Waals surface area contributed by atoms with E-state index in [-0.39, 0.29) is 11.4 Å². The van der Waals surface area contributed by atoms with Gasteiger partial charge in [0.2, 0.25) is 5.03 Å². The Bertz CT molecular complexity index is 548. The van der Waals surface area contributed by atoms with Gasteiger partial charge in [0.05, 0.1) is 4.99 Å². The lowest BCUT2D eigenvalue weighted by molar-refractivity contribution is 0.391. The third kappa shape index (κ3) is 3.21. The maximum atomic E-state index is 13.5. The molecule has 5 nitrogen and oxygen atoms in total. The smallest absolute Gasteiger partial charge is 0.263 e. The molecule has 8 heteroatoms. The van der Waals surface area contributed by atoms with Gasteiger partial charge >= 0.3 is 0 Å². The number of aromatic nitrogens is 1. The molecule has 0 aliphatic heterocycles. The summed E-state index contributed by atoms with van der Waals surface area (Å²) in [6.07, 6.45) is 1.45. The quantitative estimate of drug-likeness (QED) is 0.816. The van der Waals surface area contributed by atoms with Crippen LogP contribution in [0.15, 0.2) is 23.4 Å². The van der Waals surface area contributed by atoms with Crippen molar-refractivity contribution in [3.8, 4) is 0 Å². The van der Waals surface area contributed by atoms with E-state index in [0.29, 0.717) is 0 Å². The largest absolute Gasteiger partial charge is 0.393 e. The molecule has 1 heterocycles. The standard InChI is InChI=1S/C10H14FN3O2S2/c1-7(6-9(12)17)14(2)18(15,16)10-8(11)4-3-5-13-10/h3-5,7H,6H2,1-2H3,(H2,12,17). The van der Waals surface area contributed by atoms with Gasteiger partial charge in [-0.1, -0.05) is 12.2 Å². The highest BCUT2D eigenvalue weighted by molar-refractivity contribution is 7.89. The van der Waals surface area contributed by atoms with E-state index in [9.17, 15) is 12.8 Å². The van der Waals surface area contributed by atoms with E-state index in [1.807, 2.05) is 0 Å². The van der Waals surface area contributed by atoms with Gasteiger partial charge in [0.1, 0.15) is 0 Å². The second-order valence-electron chi connectivity index (χ2n) is 3.83. The summed E-state index contributed by atoms with van der Waals surface area (Å²) in [5, 5.41) is -0.595. The molecule has 0 amide bonds. The van der Waals surface area contributed by atoms with Crippen LogP contribution in [0.1, 0.15) is 13.3 Å². The van der Waals surface area contributed by atoms with Crippen LogP contribution in [0.2, 0.25) is 0 Å².